The van der Waals surface area contributed by atoms with Gasteiger partial charge in [-0.25, -0.2) is 4.68 Å². The fraction of sp³-hybridized carbons (Fsp3) is 0.269. The number of nitrogens with zero attached hydrogens (tertiary/aromatic N) is 3. The van der Waals surface area contributed by atoms with Crippen LogP contribution in [0.3, 0.4) is 0 Å². The van der Waals surface area contributed by atoms with Crippen LogP contribution >= 0.6 is 24.0 Å². The predicted molar refractivity (Wildman–Crippen MR) is 140 cm³/mol. The highest BCUT2D eigenvalue weighted by molar-refractivity contribution is 8.26. The van der Waals surface area contributed by atoms with E-state index in [0.717, 1.165) is 40.2 Å². The molecule has 0 spiro atoms. The first-order valence-corrected chi connectivity index (χ1v) is 12.3. The fourth-order valence-corrected chi connectivity index (χ4v) is 5.21. The standard InChI is InChI=1S/C26H27N3O2S2/c1-5-18(4)29-25(30)23(33-26(29)32)15-19-16-28(20-10-8-7-9-11-20)27-24(19)22-13-12-21(31-6-2)14-17(22)3/h7-16,18H,5-6H2,1-4H3. The number of carbonyl (C=O) groups is 1. The van der Waals surface area contributed by atoms with Crippen LogP contribution in [0, 0.1) is 6.92 Å². The number of para-hydroxylation sites is 1. The molecule has 170 valence electrons. The summed E-state index contributed by atoms with van der Waals surface area (Å²) < 4.78 is 8.12. The molecule has 5 nitrogen and oxygen atoms in total. The lowest BCUT2D eigenvalue weighted by molar-refractivity contribution is -0.123. The minimum absolute atomic E-state index is 0.0406. The van der Waals surface area contributed by atoms with Crippen molar-refractivity contribution in [3.8, 4) is 22.7 Å². The molecule has 7 heteroatoms. The van der Waals surface area contributed by atoms with Crippen LogP contribution in [-0.2, 0) is 4.79 Å². The summed E-state index contributed by atoms with van der Waals surface area (Å²) in [6.07, 6.45) is 4.73. The monoisotopic (exact) mass is 477 g/mol. The summed E-state index contributed by atoms with van der Waals surface area (Å²) in [5.74, 6) is 0.790. The molecule has 1 saturated heterocycles. The molecule has 1 aromatic heterocycles. The first-order valence-electron chi connectivity index (χ1n) is 11.1. The molecule has 2 aromatic carbocycles. The SMILES string of the molecule is CCOc1ccc(-c2nn(-c3ccccc3)cc2C=C2SC(=S)N(C(C)CC)C2=O)c(C)c1. The van der Waals surface area contributed by atoms with Crippen molar-refractivity contribution in [1.82, 2.24) is 14.7 Å². The maximum absolute atomic E-state index is 13.1. The highest BCUT2D eigenvalue weighted by Gasteiger charge is 2.35. The van der Waals surface area contributed by atoms with Crippen molar-refractivity contribution in [3.05, 3.63) is 70.8 Å². The van der Waals surface area contributed by atoms with Crippen LogP contribution in [0.1, 0.15) is 38.3 Å². The second kappa shape index (κ2) is 9.93. The van der Waals surface area contributed by atoms with E-state index in [0.29, 0.717) is 15.8 Å². The third-order valence-corrected chi connectivity index (χ3v) is 7.00. The Bertz CT molecular complexity index is 1220. The number of benzene rings is 2. The predicted octanol–water partition coefficient (Wildman–Crippen LogP) is 6.25. The Labute approximate surface area is 204 Å². The molecule has 4 rings (SSSR count). The average molecular weight is 478 g/mol. The number of ether oxygens (including phenoxy) is 1. The van der Waals surface area contributed by atoms with Crippen molar-refractivity contribution in [3.63, 3.8) is 0 Å². The smallest absolute Gasteiger partial charge is 0.266 e. The molecule has 1 aliphatic heterocycles. The number of amides is 1. The van der Waals surface area contributed by atoms with Crippen molar-refractivity contribution in [2.75, 3.05) is 6.61 Å². The molecule has 3 aromatic rings. The molecule has 1 aliphatic rings. The van der Waals surface area contributed by atoms with Crippen LogP contribution in [0.5, 0.6) is 5.75 Å². The van der Waals surface area contributed by atoms with Crippen LogP contribution in [-0.4, -0.2) is 37.6 Å². The Morgan fingerprint density at radius 2 is 1.94 bits per heavy atom. The van der Waals surface area contributed by atoms with Gasteiger partial charge in [0.05, 0.1) is 17.2 Å². The van der Waals surface area contributed by atoms with Crippen LogP contribution in [0.4, 0.5) is 0 Å². The average Bonchev–Trinajstić information content (AvgIpc) is 3.35. The summed E-state index contributed by atoms with van der Waals surface area (Å²) in [5, 5.41) is 4.91. The van der Waals surface area contributed by atoms with Gasteiger partial charge in [0.2, 0.25) is 0 Å². The van der Waals surface area contributed by atoms with Gasteiger partial charge in [-0.1, -0.05) is 49.1 Å². The number of aryl methyl sites for hydroxylation is 1. The van der Waals surface area contributed by atoms with E-state index < -0.39 is 0 Å². The van der Waals surface area contributed by atoms with Gasteiger partial charge in [0, 0.05) is 23.4 Å². The van der Waals surface area contributed by atoms with Crippen LogP contribution in [0.25, 0.3) is 23.0 Å². The maximum atomic E-state index is 13.1. The van der Waals surface area contributed by atoms with Gasteiger partial charge in [0.1, 0.15) is 15.8 Å². The van der Waals surface area contributed by atoms with Crippen LogP contribution < -0.4 is 4.74 Å². The van der Waals surface area contributed by atoms with Gasteiger partial charge >= 0.3 is 0 Å². The molecule has 1 unspecified atom stereocenters. The quantitative estimate of drug-likeness (QED) is 0.297. The Kier molecular flexibility index (Phi) is 7.00. The van der Waals surface area contributed by atoms with Crippen molar-refractivity contribution < 1.29 is 9.53 Å². The van der Waals surface area contributed by atoms with Gasteiger partial charge in [0.25, 0.3) is 5.91 Å². The normalized spacial score (nSPS) is 16.0. The number of hydrogen-bond donors (Lipinski definition) is 0. The molecule has 1 fully saturated rings. The topological polar surface area (TPSA) is 47.4 Å². The third-order valence-electron chi connectivity index (χ3n) is 5.67. The highest BCUT2D eigenvalue weighted by Crippen LogP contribution is 2.37. The van der Waals surface area contributed by atoms with Crippen LogP contribution in [0.2, 0.25) is 0 Å². The van der Waals surface area contributed by atoms with E-state index in [-0.39, 0.29) is 11.9 Å². The molecular formula is C26H27N3O2S2. The Morgan fingerprint density at radius 1 is 1.18 bits per heavy atom. The van der Waals surface area contributed by atoms with Gasteiger partial charge in [-0.2, -0.15) is 5.10 Å². The minimum Gasteiger partial charge on any atom is -0.494 e. The minimum atomic E-state index is -0.0406. The molecule has 0 saturated carbocycles. The van der Waals surface area contributed by atoms with E-state index in [1.165, 1.54) is 11.8 Å². The zero-order valence-corrected chi connectivity index (χ0v) is 20.9. The van der Waals surface area contributed by atoms with Gasteiger partial charge < -0.3 is 4.74 Å². The first kappa shape index (κ1) is 23.3. The van der Waals surface area contributed by atoms with E-state index in [2.05, 4.69) is 6.92 Å². The van der Waals surface area contributed by atoms with Gasteiger partial charge in [-0.3, -0.25) is 9.69 Å². The molecule has 1 atom stereocenters. The number of thiocarbonyl (C=S) groups is 1. The Morgan fingerprint density at radius 3 is 2.61 bits per heavy atom. The molecular weight excluding hydrogens is 450 g/mol. The summed E-state index contributed by atoms with van der Waals surface area (Å²) >= 11 is 6.87. The zero-order chi connectivity index (χ0) is 23.5. The maximum Gasteiger partial charge on any atom is 0.266 e. The lowest BCUT2D eigenvalue weighted by Gasteiger charge is -2.21. The Balaban J connectivity index is 1.81. The number of hydrogen-bond acceptors (Lipinski definition) is 5. The zero-order valence-electron chi connectivity index (χ0n) is 19.2. The molecule has 0 aliphatic carbocycles. The fourth-order valence-electron chi connectivity index (χ4n) is 3.76. The second-order valence-corrected chi connectivity index (χ2v) is 9.61. The van der Waals surface area contributed by atoms with Gasteiger partial charge in [-0.15, -0.1) is 0 Å². The molecule has 2 heterocycles. The summed E-state index contributed by atoms with van der Waals surface area (Å²) in [4.78, 5) is 15.5. The third kappa shape index (κ3) is 4.75. The summed E-state index contributed by atoms with van der Waals surface area (Å²) in [6.45, 7) is 8.72. The second-order valence-electron chi connectivity index (χ2n) is 7.93. The summed E-state index contributed by atoms with van der Waals surface area (Å²) in [5.41, 5.74) is 4.69. The van der Waals surface area contributed by atoms with Crippen molar-refractivity contribution in [2.24, 2.45) is 0 Å². The van der Waals surface area contributed by atoms with E-state index in [1.54, 1.807) is 4.90 Å². The number of aromatic nitrogens is 2. The van der Waals surface area contributed by atoms with E-state index in [4.69, 9.17) is 22.1 Å². The van der Waals surface area contributed by atoms with E-state index in [9.17, 15) is 4.79 Å². The lowest BCUT2D eigenvalue weighted by atomic mass is 10.0. The molecule has 1 amide bonds. The summed E-state index contributed by atoms with van der Waals surface area (Å²) in [7, 11) is 0. The van der Waals surface area contributed by atoms with Gasteiger partial charge in [0.15, 0.2) is 0 Å². The number of carbonyl (C=O) groups excluding carboxylic acids is 1. The van der Waals surface area contributed by atoms with E-state index >= 15 is 0 Å². The molecule has 33 heavy (non-hydrogen) atoms. The summed E-state index contributed by atoms with van der Waals surface area (Å²) in [6, 6.07) is 16.0. The molecule has 0 bridgehead atoms. The molecule has 0 N–H and O–H groups in total. The molecule has 0 radical (unpaired) electrons. The Hall–Kier alpha value is -2.90. The lowest BCUT2D eigenvalue weighted by Crippen LogP contribution is -2.36. The number of rotatable bonds is 7. The highest BCUT2D eigenvalue weighted by atomic mass is 32.2. The largest absolute Gasteiger partial charge is 0.494 e. The van der Waals surface area contributed by atoms with E-state index in [1.807, 2.05) is 86.3 Å². The van der Waals surface area contributed by atoms with Crippen molar-refractivity contribution in [2.45, 2.75) is 40.2 Å². The van der Waals surface area contributed by atoms with Crippen LogP contribution in [0.15, 0.2) is 59.6 Å². The van der Waals surface area contributed by atoms with Crippen molar-refractivity contribution in [1.29, 1.82) is 0 Å². The van der Waals surface area contributed by atoms with Gasteiger partial charge in [-0.05, 0) is 69.2 Å². The first-order chi connectivity index (χ1) is 15.9. The number of thioether (sulfide) groups is 1. The van der Waals surface area contributed by atoms with Crippen molar-refractivity contribution >= 4 is 40.3 Å².